The van der Waals surface area contributed by atoms with Gasteiger partial charge in [0.25, 0.3) is 0 Å². The van der Waals surface area contributed by atoms with E-state index in [0.29, 0.717) is 18.1 Å². The van der Waals surface area contributed by atoms with Crippen LogP contribution in [0.1, 0.15) is 59.8 Å². The molecule has 1 N–H and O–H groups in total. The third-order valence-electron chi connectivity index (χ3n) is 5.54. The Morgan fingerprint density at radius 3 is 2.39 bits per heavy atom. The topological polar surface area (TPSA) is 73.9 Å². The molecule has 1 aliphatic rings. The lowest BCUT2D eigenvalue weighted by Gasteiger charge is -2.27. The molecule has 1 unspecified atom stereocenters. The largest absolute Gasteiger partial charge is 0.465 e. The molecular weight excluding hydrogens is 394 g/mol. The van der Waals surface area contributed by atoms with E-state index in [4.69, 9.17) is 14.2 Å². The Morgan fingerprint density at radius 1 is 1.10 bits per heavy atom. The van der Waals surface area contributed by atoms with E-state index in [1.165, 1.54) is 12.7 Å². The summed E-state index contributed by atoms with van der Waals surface area (Å²) in [5.41, 5.74) is 3.68. The second-order valence-electron chi connectivity index (χ2n) is 8.30. The van der Waals surface area contributed by atoms with E-state index in [0.717, 1.165) is 24.3 Å². The molecule has 0 spiro atoms. The fourth-order valence-corrected chi connectivity index (χ4v) is 3.53. The Morgan fingerprint density at radius 2 is 1.81 bits per heavy atom. The van der Waals surface area contributed by atoms with Crippen LogP contribution in [0.3, 0.4) is 0 Å². The Bertz CT molecular complexity index is 889. The number of rotatable bonds is 9. The van der Waals surface area contributed by atoms with Crippen LogP contribution in [0.4, 0.5) is 0 Å². The minimum absolute atomic E-state index is 0.0251. The molecule has 6 heteroatoms. The Balaban J connectivity index is 1.59. The zero-order valence-corrected chi connectivity index (χ0v) is 18.6. The number of nitrogens with one attached hydrogen (secondary N) is 1. The monoisotopic (exact) mass is 425 g/mol. The van der Waals surface area contributed by atoms with Gasteiger partial charge >= 0.3 is 5.97 Å². The summed E-state index contributed by atoms with van der Waals surface area (Å²) in [6, 6.07) is 15.1. The maximum Gasteiger partial charge on any atom is 0.337 e. The van der Waals surface area contributed by atoms with Crippen LogP contribution in [0.15, 0.2) is 48.5 Å². The number of hydrogen-bond acceptors (Lipinski definition) is 5. The molecule has 0 aromatic heterocycles. The zero-order chi connectivity index (χ0) is 22.4. The molecule has 1 saturated heterocycles. The van der Waals surface area contributed by atoms with Crippen molar-refractivity contribution in [3.8, 4) is 0 Å². The van der Waals surface area contributed by atoms with E-state index in [9.17, 15) is 9.59 Å². The van der Waals surface area contributed by atoms with E-state index in [-0.39, 0.29) is 23.8 Å². The van der Waals surface area contributed by atoms with E-state index >= 15 is 0 Å². The van der Waals surface area contributed by atoms with Gasteiger partial charge in [-0.1, -0.05) is 50.2 Å². The molecular formula is C25H31NO5. The van der Waals surface area contributed by atoms with E-state index < -0.39 is 6.10 Å². The van der Waals surface area contributed by atoms with Gasteiger partial charge in [0.15, 0.2) is 0 Å². The summed E-state index contributed by atoms with van der Waals surface area (Å²) in [5.74, 6) is -0.0545. The molecule has 2 aromatic carbocycles. The second kappa shape index (κ2) is 10.6. The van der Waals surface area contributed by atoms with Gasteiger partial charge in [-0.15, -0.1) is 0 Å². The fraction of sp³-hybridized carbons (Fsp3) is 0.440. The molecule has 0 saturated carbocycles. The molecule has 2 aromatic rings. The van der Waals surface area contributed by atoms with Crippen molar-refractivity contribution in [2.45, 2.75) is 45.4 Å². The van der Waals surface area contributed by atoms with E-state index in [2.05, 4.69) is 17.4 Å². The first kappa shape index (κ1) is 23.0. The second-order valence-corrected chi connectivity index (χ2v) is 8.30. The van der Waals surface area contributed by atoms with Crippen molar-refractivity contribution in [2.75, 3.05) is 20.3 Å². The van der Waals surface area contributed by atoms with Crippen molar-refractivity contribution in [3.05, 3.63) is 70.8 Å². The molecule has 6 nitrogen and oxygen atoms in total. The van der Waals surface area contributed by atoms with Gasteiger partial charge in [-0.3, -0.25) is 4.79 Å². The molecule has 3 rings (SSSR count). The van der Waals surface area contributed by atoms with Gasteiger partial charge in [0.1, 0.15) is 6.10 Å². The third kappa shape index (κ3) is 5.93. The van der Waals surface area contributed by atoms with E-state index in [1.807, 2.05) is 45.0 Å². The maximum atomic E-state index is 12.9. The number of carbonyl (C=O) groups is 2. The molecule has 1 amide bonds. The summed E-state index contributed by atoms with van der Waals surface area (Å²) >= 11 is 0. The smallest absolute Gasteiger partial charge is 0.337 e. The van der Waals surface area contributed by atoms with Gasteiger partial charge in [0.2, 0.25) is 5.91 Å². The number of esters is 1. The normalized spacial score (nSPS) is 15.8. The van der Waals surface area contributed by atoms with Gasteiger partial charge < -0.3 is 19.5 Å². The Labute approximate surface area is 183 Å². The first-order valence-corrected chi connectivity index (χ1v) is 10.7. The van der Waals surface area contributed by atoms with Crippen LogP contribution in [-0.4, -0.2) is 38.3 Å². The van der Waals surface area contributed by atoms with Gasteiger partial charge in [-0.25, -0.2) is 4.79 Å². The van der Waals surface area contributed by atoms with Crippen LogP contribution < -0.4 is 5.32 Å². The van der Waals surface area contributed by atoms with Gasteiger partial charge in [-0.2, -0.15) is 0 Å². The number of amides is 1. The molecule has 166 valence electrons. The maximum absolute atomic E-state index is 12.9. The average Bonchev–Trinajstić information content (AvgIpc) is 2.72. The van der Waals surface area contributed by atoms with Crippen LogP contribution in [0, 0.1) is 5.92 Å². The molecule has 0 radical (unpaired) electrons. The Kier molecular flexibility index (Phi) is 7.82. The van der Waals surface area contributed by atoms with E-state index in [1.54, 1.807) is 12.1 Å². The van der Waals surface area contributed by atoms with Crippen LogP contribution >= 0.6 is 0 Å². The van der Waals surface area contributed by atoms with Gasteiger partial charge in [0.05, 0.1) is 38.5 Å². The standard InChI is InChI=1S/C25H31NO5/c1-16(2)23(31-13-18-6-5-7-21(12-18)22-14-30-15-22)24(27)26-17(3)19-8-10-20(11-9-19)25(28)29-4/h5-12,16-17,22-23H,13-15H2,1-4H3,(H,26,27)/t17-,23?/m0/s1. The summed E-state index contributed by atoms with van der Waals surface area (Å²) in [4.78, 5) is 24.5. The van der Waals surface area contributed by atoms with Crippen molar-refractivity contribution in [1.29, 1.82) is 0 Å². The molecule has 0 aliphatic carbocycles. The quantitative estimate of drug-likeness (QED) is 0.615. The highest BCUT2D eigenvalue weighted by Crippen LogP contribution is 2.25. The fourth-order valence-electron chi connectivity index (χ4n) is 3.53. The lowest BCUT2D eigenvalue weighted by molar-refractivity contribution is -0.137. The average molecular weight is 426 g/mol. The third-order valence-corrected chi connectivity index (χ3v) is 5.54. The molecule has 1 fully saturated rings. The van der Waals surface area contributed by atoms with Crippen molar-refractivity contribution in [3.63, 3.8) is 0 Å². The summed E-state index contributed by atoms with van der Waals surface area (Å²) in [5, 5.41) is 3.03. The Hall–Kier alpha value is -2.70. The highest BCUT2D eigenvalue weighted by Gasteiger charge is 2.25. The molecule has 2 atom stereocenters. The molecule has 0 bridgehead atoms. The number of benzene rings is 2. The SMILES string of the molecule is COC(=O)c1ccc([C@H](C)NC(=O)C(OCc2cccc(C3COC3)c2)C(C)C)cc1. The predicted octanol–water partition coefficient (Wildman–Crippen LogP) is 4.01. The molecule has 31 heavy (non-hydrogen) atoms. The van der Waals surface area contributed by atoms with Crippen molar-refractivity contribution < 1.29 is 23.8 Å². The number of methoxy groups -OCH3 is 1. The summed E-state index contributed by atoms with van der Waals surface area (Å²) in [6.07, 6.45) is -0.563. The summed E-state index contributed by atoms with van der Waals surface area (Å²) < 4.78 is 16.0. The van der Waals surface area contributed by atoms with Crippen molar-refractivity contribution >= 4 is 11.9 Å². The highest BCUT2D eigenvalue weighted by molar-refractivity contribution is 5.89. The van der Waals surface area contributed by atoms with Crippen molar-refractivity contribution in [1.82, 2.24) is 5.32 Å². The molecule has 1 aliphatic heterocycles. The number of carbonyl (C=O) groups excluding carboxylic acids is 2. The predicted molar refractivity (Wildman–Crippen MR) is 118 cm³/mol. The minimum Gasteiger partial charge on any atom is -0.465 e. The molecule has 1 heterocycles. The highest BCUT2D eigenvalue weighted by atomic mass is 16.5. The van der Waals surface area contributed by atoms with Crippen LogP contribution in [0.2, 0.25) is 0 Å². The first-order valence-electron chi connectivity index (χ1n) is 10.7. The van der Waals surface area contributed by atoms with Crippen LogP contribution in [0.5, 0.6) is 0 Å². The summed E-state index contributed by atoms with van der Waals surface area (Å²) in [7, 11) is 1.35. The number of hydrogen-bond donors (Lipinski definition) is 1. The minimum atomic E-state index is -0.563. The van der Waals surface area contributed by atoms with Crippen LogP contribution in [0.25, 0.3) is 0 Å². The first-order chi connectivity index (χ1) is 14.9. The zero-order valence-electron chi connectivity index (χ0n) is 18.6. The lowest BCUT2D eigenvalue weighted by atomic mass is 9.96. The van der Waals surface area contributed by atoms with Gasteiger partial charge in [-0.05, 0) is 41.7 Å². The van der Waals surface area contributed by atoms with Gasteiger partial charge in [0, 0.05) is 5.92 Å². The van der Waals surface area contributed by atoms with Crippen molar-refractivity contribution in [2.24, 2.45) is 5.92 Å². The number of ether oxygens (including phenoxy) is 3. The van der Waals surface area contributed by atoms with Crippen LogP contribution in [-0.2, 0) is 25.6 Å². The lowest BCUT2D eigenvalue weighted by Crippen LogP contribution is -2.40. The summed E-state index contributed by atoms with van der Waals surface area (Å²) in [6.45, 7) is 7.76.